The van der Waals surface area contributed by atoms with Gasteiger partial charge in [-0.3, -0.25) is 4.79 Å². The summed E-state index contributed by atoms with van der Waals surface area (Å²) in [5.41, 5.74) is 0.574. The lowest BCUT2D eigenvalue weighted by molar-refractivity contribution is -0.130. The summed E-state index contributed by atoms with van der Waals surface area (Å²) in [6, 6.07) is 0.805. The van der Waals surface area contributed by atoms with Gasteiger partial charge < -0.3 is 10.2 Å². The lowest BCUT2D eigenvalue weighted by atomic mass is 10.0. The van der Waals surface area contributed by atoms with E-state index < -0.39 is 0 Å². The molecule has 3 aliphatic carbocycles. The summed E-state index contributed by atoms with van der Waals surface area (Å²) in [5.74, 6) is 1.36. The van der Waals surface area contributed by atoms with Crippen molar-refractivity contribution in [2.24, 2.45) is 11.3 Å². The maximum absolute atomic E-state index is 12.3. The molecule has 4 rings (SSSR count). The molecule has 0 aromatic rings. The number of hydrogen-bond donors (Lipinski definition) is 1. The highest BCUT2D eigenvalue weighted by Gasteiger charge is 2.55. The Bertz CT molecular complexity index is 342. The minimum atomic E-state index is 0.150. The van der Waals surface area contributed by atoms with Gasteiger partial charge in [-0.25, -0.2) is 0 Å². The van der Waals surface area contributed by atoms with E-state index in [9.17, 15) is 4.79 Å². The first-order valence-corrected chi connectivity index (χ1v) is 7.32. The van der Waals surface area contributed by atoms with Gasteiger partial charge in [-0.15, -0.1) is 0 Å². The highest BCUT2D eigenvalue weighted by atomic mass is 16.2. The smallest absolute Gasteiger partial charge is 0.239 e. The van der Waals surface area contributed by atoms with Gasteiger partial charge in [-0.2, -0.15) is 0 Å². The van der Waals surface area contributed by atoms with Gasteiger partial charge in [0.15, 0.2) is 0 Å². The zero-order chi connectivity index (χ0) is 11.5. The van der Waals surface area contributed by atoms with Crippen molar-refractivity contribution in [2.75, 3.05) is 13.1 Å². The number of carbonyl (C=O) groups is 1. The van der Waals surface area contributed by atoms with Gasteiger partial charge in [0, 0.05) is 19.1 Å². The third-order valence-corrected chi connectivity index (χ3v) is 5.15. The maximum atomic E-state index is 12.3. The van der Waals surface area contributed by atoms with Crippen molar-refractivity contribution in [1.29, 1.82) is 0 Å². The summed E-state index contributed by atoms with van der Waals surface area (Å²) in [6.07, 6.45) is 9.18. The van der Waals surface area contributed by atoms with Gasteiger partial charge in [0.25, 0.3) is 0 Å². The zero-order valence-corrected chi connectivity index (χ0v) is 10.5. The Hall–Kier alpha value is -0.570. The summed E-state index contributed by atoms with van der Waals surface area (Å²) in [7, 11) is 0. The fourth-order valence-electron chi connectivity index (χ4n) is 3.52. The molecular weight excluding hydrogens is 212 g/mol. The number of nitrogens with one attached hydrogen (secondary N) is 1. The van der Waals surface area contributed by atoms with Crippen LogP contribution in [0.5, 0.6) is 0 Å². The average Bonchev–Trinajstić information content (AvgIpc) is 3.17. The van der Waals surface area contributed by atoms with Crippen LogP contribution in [0.25, 0.3) is 0 Å². The van der Waals surface area contributed by atoms with E-state index in [2.05, 4.69) is 10.2 Å². The SMILES string of the molecule is O=C1C(NC2CC2)CCN1CC1(C2CC2)CC1. The van der Waals surface area contributed by atoms with E-state index in [0.29, 0.717) is 17.4 Å². The number of nitrogens with zero attached hydrogens (tertiary/aromatic N) is 1. The molecule has 1 heterocycles. The second kappa shape index (κ2) is 3.47. The Balaban J connectivity index is 1.37. The summed E-state index contributed by atoms with van der Waals surface area (Å²) in [4.78, 5) is 14.4. The molecule has 4 aliphatic rings. The van der Waals surface area contributed by atoms with Crippen LogP contribution in [-0.2, 0) is 4.79 Å². The molecule has 0 radical (unpaired) electrons. The molecule has 4 fully saturated rings. The zero-order valence-electron chi connectivity index (χ0n) is 10.5. The van der Waals surface area contributed by atoms with Crippen LogP contribution in [0.3, 0.4) is 0 Å². The Morgan fingerprint density at radius 2 is 1.94 bits per heavy atom. The van der Waals surface area contributed by atoms with E-state index in [1.165, 1.54) is 38.5 Å². The number of carbonyl (C=O) groups excluding carboxylic acids is 1. The van der Waals surface area contributed by atoms with Crippen molar-refractivity contribution in [3.8, 4) is 0 Å². The van der Waals surface area contributed by atoms with Crippen molar-refractivity contribution in [3.05, 3.63) is 0 Å². The van der Waals surface area contributed by atoms with Crippen LogP contribution in [0.1, 0.15) is 44.9 Å². The van der Waals surface area contributed by atoms with Crippen molar-refractivity contribution < 1.29 is 4.79 Å². The van der Waals surface area contributed by atoms with Crippen LogP contribution in [0.15, 0.2) is 0 Å². The van der Waals surface area contributed by atoms with Crippen LogP contribution >= 0.6 is 0 Å². The van der Waals surface area contributed by atoms with Crippen molar-refractivity contribution in [1.82, 2.24) is 10.2 Å². The Kier molecular flexibility index (Phi) is 2.11. The number of amides is 1. The Labute approximate surface area is 103 Å². The molecule has 3 heteroatoms. The highest BCUT2D eigenvalue weighted by Crippen LogP contribution is 2.61. The molecule has 94 valence electrons. The number of rotatable bonds is 5. The van der Waals surface area contributed by atoms with Crippen molar-refractivity contribution in [2.45, 2.75) is 57.0 Å². The largest absolute Gasteiger partial charge is 0.341 e. The minimum absolute atomic E-state index is 0.150. The van der Waals surface area contributed by atoms with E-state index in [1.807, 2.05) is 0 Å². The quantitative estimate of drug-likeness (QED) is 0.782. The lowest BCUT2D eigenvalue weighted by Crippen LogP contribution is -2.41. The molecule has 3 saturated carbocycles. The molecule has 1 atom stereocenters. The predicted octanol–water partition coefficient (Wildman–Crippen LogP) is 1.53. The maximum Gasteiger partial charge on any atom is 0.239 e. The first-order chi connectivity index (χ1) is 8.27. The second-order valence-electron chi connectivity index (χ2n) is 6.68. The van der Waals surface area contributed by atoms with Gasteiger partial charge in [-0.1, -0.05) is 0 Å². The summed E-state index contributed by atoms with van der Waals surface area (Å²) < 4.78 is 0. The fraction of sp³-hybridized carbons (Fsp3) is 0.929. The third kappa shape index (κ3) is 1.88. The molecule has 1 aliphatic heterocycles. The fourth-order valence-corrected chi connectivity index (χ4v) is 3.52. The molecule has 0 bridgehead atoms. The molecule has 0 aromatic heterocycles. The molecule has 1 unspecified atom stereocenters. The molecule has 17 heavy (non-hydrogen) atoms. The number of likely N-dealkylation sites (tertiary alicyclic amines) is 1. The van der Waals surface area contributed by atoms with Crippen LogP contribution in [0.2, 0.25) is 0 Å². The summed E-state index contributed by atoms with van der Waals surface area (Å²) in [5, 5.41) is 3.49. The normalized spacial score (nSPS) is 35.4. The Morgan fingerprint density at radius 1 is 1.18 bits per heavy atom. The van der Waals surface area contributed by atoms with Gasteiger partial charge in [0.2, 0.25) is 5.91 Å². The molecule has 3 nitrogen and oxygen atoms in total. The van der Waals surface area contributed by atoms with Crippen molar-refractivity contribution in [3.63, 3.8) is 0 Å². The molecule has 0 aromatic carbocycles. The van der Waals surface area contributed by atoms with Crippen LogP contribution in [0.4, 0.5) is 0 Å². The third-order valence-electron chi connectivity index (χ3n) is 5.15. The molecule has 1 saturated heterocycles. The van der Waals surface area contributed by atoms with E-state index in [1.54, 1.807) is 0 Å². The van der Waals surface area contributed by atoms with Crippen molar-refractivity contribution >= 4 is 5.91 Å². The van der Waals surface area contributed by atoms with Gasteiger partial charge in [-0.05, 0) is 56.3 Å². The van der Waals surface area contributed by atoms with Crippen LogP contribution in [-0.4, -0.2) is 36.0 Å². The standard InChI is InChI=1S/C14H22N2O/c17-13-12(15-11-3-4-11)5-8-16(13)9-14(6-7-14)10-1-2-10/h10-12,15H,1-9H2. The van der Waals surface area contributed by atoms with Crippen LogP contribution in [0, 0.1) is 11.3 Å². The monoisotopic (exact) mass is 234 g/mol. The summed E-state index contributed by atoms with van der Waals surface area (Å²) in [6.45, 7) is 2.07. The van der Waals surface area contributed by atoms with E-state index in [-0.39, 0.29) is 6.04 Å². The Morgan fingerprint density at radius 3 is 2.53 bits per heavy atom. The predicted molar refractivity (Wildman–Crippen MR) is 65.5 cm³/mol. The van der Waals surface area contributed by atoms with Gasteiger partial charge >= 0.3 is 0 Å². The molecule has 1 amide bonds. The first kappa shape index (κ1) is 10.4. The highest BCUT2D eigenvalue weighted by molar-refractivity contribution is 5.84. The summed E-state index contributed by atoms with van der Waals surface area (Å²) >= 11 is 0. The number of hydrogen-bond acceptors (Lipinski definition) is 2. The van der Waals surface area contributed by atoms with Gasteiger partial charge in [0.05, 0.1) is 6.04 Å². The molecule has 0 spiro atoms. The molecular formula is C14H22N2O. The minimum Gasteiger partial charge on any atom is -0.341 e. The van der Waals surface area contributed by atoms with E-state index in [0.717, 1.165) is 25.4 Å². The second-order valence-corrected chi connectivity index (χ2v) is 6.68. The van der Waals surface area contributed by atoms with Gasteiger partial charge in [0.1, 0.15) is 0 Å². The first-order valence-electron chi connectivity index (χ1n) is 7.32. The molecule has 1 N–H and O–H groups in total. The van der Waals surface area contributed by atoms with E-state index >= 15 is 0 Å². The average molecular weight is 234 g/mol. The lowest BCUT2D eigenvalue weighted by Gasteiger charge is -2.23. The van der Waals surface area contributed by atoms with E-state index in [4.69, 9.17) is 0 Å². The van der Waals surface area contributed by atoms with Crippen LogP contribution < -0.4 is 5.32 Å². The topological polar surface area (TPSA) is 32.3 Å².